The lowest BCUT2D eigenvalue weighted by Gasteiger charge is -2.46. The molecule has 4 aliphatic heterocycles. The summed E-state index contributed by atoms with van der Waals surface area (Å²) in [4.78, 5) is 27.0. The predicted octanol–water partition coefficient (Wildman–Crippen LogP) is 5.42. The molecule has 0 radical (unpaired) electrons. The number of halogens is 4. The summed E-state index contributed by atoms with van der Waals surface area (Å²) < 4.78 is 36.4. The van der Waals surface area contributed by atoms with Crippen LogP contribution in [0.25, 0.3) is 10.9 Å². The van der Waals surface area contributed by atoms with Crippen LogP contribution in [0.4, 0.5) is 19.4 Å². The van der Waals surface area contributed by atoms with E-state index in [1.54, 1.807) is 11.0 Å². The van der Waals surface area contributed by atoms with E-state index in [1.807, 2.05) is 4.90 Å². The lowest BCUT2D eigenvalue weighted by molar-refractivity contribution is 0.101. The number of hydrogen-bond donors (Lipinski definition) is 1. The molecule has 0 saturated carbocycles. The van der Waals surface area contributed by atoms with Gasteiger partial charge < -0.3 is 14.7 Å². The van der Waals surface area contributed by atoms with E-state index in [0.29, 0.717) is 41.6 Å². The Morgan fingerprint density at radius 2 is 2.18 bits per heavy atom. The van der Waals surface area contributed by atoms with E-state index in [1.165, 1.54) is 6.07 Å². The highest BCUT2D eigenvalue weighted by Crippen LogP contribution is 2.44. The monoisotopic (exact) mass is 611 g/mol. The number of nitrogens with zero attached hydrogens (tertiary/aromatic N) is 5. The van der Waals surface area contributed by atoms with Crippen molar-refractivity contribution in [2.24, 2.45) is 0 Å². The zero-order chi connectivity index (χ0) is 26.8. The fourth-order valence-corrected chi connectivity index (χ4v) is 8.05. The summed E-state index contributed by atoms with van der Waals surface area (Å²) in [5.41, 5.74) is -0.395. The maximum atomic E-state index is 15.4. The normalized spacial score (nSPS) is 30.7. The van der Waals surface area contributed by atoms with Crippen LogP contribution < -0.4 is 9.64 Å². The number of carboxylic acid groups (broad SMARTS) is 1. The van der Waals surface area contributed by atoms with Crippen LogP contribution >= 0.6 is 27.5 Å². The summed E-state index contributed by atoms with van der Waals surface area (Å²) in [5, 5.41) is 10.2. The first-order valence-electron chi connectivity index (χ1n) is 13.0. The number of alkyl halides is 1. The molecular weight excluding hydrogens is 584 g/mol. The molecule has 4 aliphatic rings. The van der Waals surface area contributed by atoms with Gasteiger partial charge >= 0.3 is 12.1 Å². The molecular formula is C26H29BrClF2N5O3. The standard InChI is InChI=1S/C26H29BrClF2N5O3/c1-2-4-18-19-6-5-15(35(19)25(36)37)12-34(18)23-20-16(27)9-17(28)21(30)22(20)31-24(32-23)38-13-26-7-3-8-33(26)11-14(29)10-26/h2,9,14-15,18-19H,1,3-8,10-13H2,(H,36,37)/t14-,15-,18-,19+,26+/m1/s1. The van der Waals surface area contributed by atoms with Crippen molar-refractivity contribution in [3.63, 3.8) is 0 Å². The number of rotatable bonds is 6. The SMILES string of the molecule is C=CC[C@@H]1[C@@H]2CC[C@H](CN1c1nc(OC[C@@]34CCCN3C[C@H](F)C4)nc3c(F)c(Cl)cc(Br)c13)N2C(=O)O. The minimum atomic E-state index is -0.940. The summed E-state index contributed by atoms with van der Waals surface area (Å²) in [5.74, 6) is -0.229. The van der Waals surface area contributed by atoms with Crippen LogP contribution in [0.5, 0.6) is 6.01 Å². The van der Waals surface area contributed by atoms with Gasteiger partial charge in [0.05, 0.1) is 34.1 Å². The number of anilines is 1. The Labute approximate surface area is 232 Å². The van der Waals surface area contributed by atoms with Crippen LogP contribution in [0.1, 0.15) is 38.5 Å². The second-order valence-corrected chi connectivity index (χ2v) is 12.1. The van der Waals surface area contributed by atoms with E-state index in [4.69, 9.17) is 21.3 Å². The topological polar surface area (TPSA) is 82.0 Å². The van der Waals surface area contributed by atoms with Crippen LogP contribution in [0.3, 0.4) is 0 Å². The second-order valence-electron chi connectivity index (χ2n) is 10.8. The highest BCUT2D eigenvalue weighted by atomic mass is 79.9. The molecule has 12 heteroatoms. The second kappa shape index (κ2) is 9.75. The highest BCUT2D eigenvalue weighted by molar-refractivity contribution is 9.10. The molecule has 0 aliphatic carbocycles. The molecule has 1 amide bonds. The van der Waals surface area contributed by atoms with Gasteiger partial charge in [0.2, 0.25) is 0 Å². The van der Waals surface area contributed by atoms with Crippen LogP contribution in [-0.2, 0) is 0 Å². The molecule has 5 heterocycles. The molecule has 204 valence electrons. The summed E-state index contributed by atoms with van der Waals surface area (Å²) in [6.45, 7) is 5.71. The number of carbonyl (C=O) groups is 1. The Balaban J connectivity index is 1.43. The van der Waals surface area contributed by atoms with E-state index in [2.05, 4.69) is 32.4 Å². The molecule has 2 bridgehead atoms. The first-order valence-corrected chi connectivity index (χ1v) is 14.2. The minimum absolute atomic E-state index is 0.00513. The molecule has 2 aromatic rings. The van der Waals surface area contributed by atoms with Crippen LogP contribution in [0, 0.1) is 5.82 Å². The fourth-order valence-electron chi connectivity index (χ4n) is 7.12. The maximum absolute atomic E-state index is 15.4. The van der Waals surface area contributed by atoms with Gasteiger partial charge in [0.25, 0.3) is 0 Å². The Hall–Kier alpha value is -2.24. The molecule has 1 aromatic carbocycles. The lowest BCUT2D eigenvalue weighted by Crippen LogP contribution is -2.61. The molecule has 1 aromatic heterocycles. The van der Waals surface area contributed by atoms with Crippen molar-refractivity contribution in [1.29, 1.82) is 0 Å². The van der Waals surface area contributed by atoms with Gasteiger partial charge in [-0.15, -0.1) is 6.58 Å². The predicted molar refractivity (Wildman–Crippen MR) is 143 cm³/mol. The molecule has 4 saturated heterocycles. The van der Waals surface area contributed by atoms with Gasteiger partial charge in [-0.05, 0) is 60.6 Å². The van der Waals surface area contributed by atoms with Crippen LogP contribution in [0.15, 0.2) is 23.2 Å². The zero-order valence-electron chi connectivity index (χ0n) is 20.8. The zero-order valence-corrected chi connectivity index (χ0v) is 23.1. The van der Waals surface area contributed by atoms with E-state index in [9.17, 15) is 14.3 Å². The molecule has 0 unspecified atom stereocenters. The molecule has 4 fully saturated rings. The van der Waals surface area contributed by atoms with E-state index in [-0.39, 0.29) is 41.3 Å². The Kier molecular flexibility index (Phi) is 6.67. The average molecular weight is 613 g/mol. The van der Waals surface area contributed by atoms with Crippen molar-refractivity contribution >= 4 is 50.3 Å². The molecule has 5 atom stereocenters. The van der Waals surface area contributed by atoms with E-state index >= 15 is 4.39 Å². The number of amides is 1. The van der Waals surface area contributed by atoms with Gasteiger partial charge in [0, 0.05) is 24.0 Å². The molecule has 38 heavy (non-hydrogen) atoms. The van der Waals surface area contributed by atoms with Crippen LogP contribution in [-0.4, -0.2) is 87.0 Å². The Morgan fingerprint density at radius 3 is 2.95 bits per heavy atom. The van der Waals surface area contributed by atoms with Crippen molar-refractivity contribution in [2.45, 2.75) is 68.4 Å². The van der Waals surface area contributed by atoms with E-state index < -0.39 is 23.6 Å². The number of aromatic nitrogens is 2. The first-order chi connectivity index (χ1) is 18.2. The third-order valence-electron chi connectivity index (χ3n) is 8.71. The fraction of sp³-hybridized carbons (Fsp3) is 0.577. The summed E-state index contributed by atoms with van der Waals surface area (Å²) >= 11 is 9.71. The third-order valence-corrected chi connectivity index (χ3v) is 9.61. The highest BCUT2D eigenvalue weighted by Gasteiger charge is 2.50. The number of benzene rings is 1. The molecule has 1 N–H and O–H groups in total. The molecule has 6 rings (SSSR count). The first kappa shape index (κ1) is 26.0. The van der Waals surface area contributed by atoms with Crippen LogP contribution in [0.2, 0.25) is 5.02 Å². The van der Waals surface area contributed by atoms with Gasteiger partial charge in [0.15, 0.2) is 5.82 Å². The summed E-state index contributed by atoms with van der Waals surface area (Å²) in [6.07, 6.45) is 4.08. The van der Waals surface area contributed by atoms with Gasteiger partial charge in [-0.25, -0.2) is 13.6 Å². The van der Waals surface area contributed by atoms with Crippen molar-refractivity contribution < 1.29 is 23.4 Å². The van der Waals surface area contributed by atoms with Crippen molar-refractivity contribution in [3.8, 4) is 6.01 Å². The number of ether oxygens (including phenoxy) is 1. The quantitative estimate of drug-likeness (QED) is 0.345. The molecule has 8 nitrogen and oxygen atoms in total. The van der Waals surface area contributed by atoms with Crippen molar-refractivity contribution in [2.75, 3.05) is 31.1 Å². The van der Waals surface area contributed by atoms with Gasteiger partial charge in [0.1, 0.15) is 24.1 Å². The Morgan fingerprint density at radius 1 is 1.37 bits per heavy atom. The van der Waals surface area contributed by atoms with E-state index in [0.717, 1.165) is 32.2 Å². The van der Waals surface area contributed by atoms with Crippen molar-refractivity contribution in [1.82, 2.24) is 19.8 Å². The average Bonchev–Trinajstić information content (AvgIpc) is 3.51. The van der Waals surface area contributed by atoms with Gasteiger partial charge in [-0.1, -0.05) is 17.7 Å². The number of hydrogen-bond acceptors (Lipinski definition) is 6. The Bertz CT molecular complexity index is 1300. The lowest BCUT2D eigenvalue weighted by atomic mass is 9.95. The third kappa shape index (κ3) is 4.12. The molecule has 0 spiro atoms. The van der Waals surface area contributed by atoms with Gasteiger partial charge in [-0.3, -0.25) is 9.80 Å². The minimum Gasteiger partial charge on any atom is -0.465 e. The summed E-state index contributed by atoms with van der Waals surface area (Å²) in [6, 6.07) is 0.765. The van der Waals surface area contributed by atoms with Crippen molar-refractivity contribution in [3.05, 3.63) is 34.0 Å². The smallest absolute Gasteiger partial charge is 0.407 e. The maximum Gasteiger partial charge on any atom is 0.407 e. The van der Waals surface area contributed by atoms with Gasteiger partial charge in [-0.2, -0.15) is 9.97 Å². The number of piperazine rings is 1. The largest absolute Gasteiger partial charge is 0.465 e. The number of fused-ring (bicyclic) bond motifs is 4. The summed E-state index contributed by atoms with van der Waals surface area (Å²) in [7, 11) is 0.